The molecule has 0 fully saturated rings. The number of carbonyl (C=O) groups excluding carboxylic acids is 1. The Morgan fingerprint density at radius 1 is 1.19 bits per heavy atom. The highest BCUT2D eigenvalue weighted by Crippen LogP contribution is 2.22. The van der Waals surface area contributed by atoms with Gasteiger partial charge in [0.25, 0.3) is 5.91 Å². The number of pyridine rings is 1. The average molecular weight is 348 g/mol. The van der Waals surface area contributed by atoms with Crippen LogP contribution in [-0.4, -0.2) is 39.2 Å². The standard InChI is InChI=1S/C21H24N4O/c1-16-19(15-25(3)23-16)18-11-12-22-20(14-18)21(26)24(2)13-7-10-17-8-5-4-6-9-17/h4-6,8-9,11-12,14-15H,7,10,13H2,1-3H3. The number of aryl methyl sites for hydroxylation is 3. The topological polar surface area (TPSA) is 51.0 Å². The summed E-state index contributed by atoms with van der Waals surface area (Å²) in [6, 6.07) is 14.1. The minimum absolute atomic E-state index is 0.0542. The quantitative estimate of drug-likeness (QED) is 0.685. The molecule has 0 saturated heterocycles. The van der Waals surface area contributed by atoms with Crippen LogP contribution in [0.4, 0.5) is 0 Å². The Morgan fingerprint density at radius 2 is 1.96 bits per heavy atom. The number of amides is 1. The van der Waals surface area contributed by atoms with Crippen molar-refractivity contribution in [3.05, 3.63) is 71.8 Å². The molecular formula is C21H24N4O. The molecule has 0 saturated carbocycles. The van der Waals surface area contributed by atoms with Gasteiger partial charge in [0.2, 0.25) is 0 Å². The van der Waals surface area contributed by atoms with E-state index in [1.165, 1.54) is 5.56 Å². The van der Waals surface area contributed by atoms with Crippen molar-refractivity contribution in [2.45, 2.75) is 19.8 Å². The highest BCUT2D eigenvalue weighted by molar-refractivity contribution is 5.93. The van der Waals surface area contributed by atoms with Crippen LogP contribution in [0.5, 0.6) is 0 Å². The molecule has 0 bridgehead atoms. The second-order valence-electron chi connectivity index (χ2n) is 6.55. The molecule has 0 aliphatic rings. The van der Waals surface area contributed by atoms with Crippen LogP contribution >= 0.6 is 0 Å². The molecule has 134 valence electrons. The van der Waals surface area contributed by atoms with Gasteiger partial charge in [-0.3, -0.25) is 14.5 Å². The number of aromatic nitrogens is 3. The number of benzene rings is 1. The first kappa shape index (κ1) is 17.9. The number of hydrogen-bond acceptors (Lipinski definition) is 3. The first-order valence-corrected chi connectivity index (χ1v) is 8.80. The zero-order chi connectivity index (χ0) is 18.5. The Hall–Kier alpha value is -2.95. The van der Waals surface area contributed by atoms with Crippen LogP contribution in [-0.2, 0) is 13.5 Å². The van der Waals surface area contributed by atoms with Crippen molar-refractivity contribution < 1.29 is 4.79 Å². The van der Waals surface area contributed by atoms with Gasteiger partial charge in [-0.25, -0.2) is 0 Å². The molecule has 0 N–H and O–H groups in total. The average Bonchev–Trinajstić information content (AvgIpc) is 3.00. The predicted octanol–water partition coefficient (Wildman–Crippen LogP) is 3.50. The molecule has 26 heavy (non-hydrogen) atoms. The molecule has 3 rings (SSSR count). The molecule has 1 aromatic carbocycles. The summed E-state index contributed by atoms with van der Waals surface area (Å²) < 4.78 is 1.78. The van der Waals surface area contributed by atoms with Gasteiger partial charge in [0, 0.05) is 38.6 Å². The van der Waals surface area contributed by atoms with Crippen molar-refractivity contribution in [3.8, 4) is 11.1 Å². The van der Waals surface area contributed by atoms with Crippen molar-refractivity contribution in [3.63, 3.8) is 0 Å². The summed E-state index contributed by atoms with van der Waals surface area (Å²) in [5.41, 5.74) is 4.68. The second-order valence-corrected chi connectivity index (χ2v) is 6.55. The zero-order valence-electron chi connectivity index (χ0n) is 15.5. The minimum Gasteiger partial charge on any atom is -0.340 e. The monoisotopic (exact) mass is 348 g/mol. The molecule has 0 spiro atoms. The maximum Gasteiger partial charge on any atom is 0.272 e. The maximum atomic E-state index is 12.7. The highest BCUT2D eigenvalue weighted by atomic mass is 16.2. The Labute approximate surface area is 154 Å². The van der Waals surface area contributed by atoms with Gasteiger partial charge in [-0.1, -0.05) is 30.3 Å². The number of nitrogens with zero attached hydrogens (tertiary/aromatic N) is 4. The SMILES string of the molecule is Cc1nn(C)cc1-c1ccnc(C(=O)N(C)CCCc2ccccc2)c1. The molecule has 1 amide bonds. The Morgan fingerprint density at radius 3 is 2.65 bits per heavy atom. The summed E-state index contributed by atoms with van der Waals surface area (Å²) in [4.78, 5) is 18.7. The first-order valence-electron chi connectivity index (χ1n) is 8.80. The largest absolute Gasteiger partial charge is 0.340 e. The van der Waals surface area contributed by atoms with Gasteiger partial charge in [0.05, 0.1) is 5.69 Å². The summed E-state index contributed by atoms with van der Waals surface area (Å²) >= 11 is 0. The summed E-state index contributed by atoms with van der Waals surface area (Å²) in [7, 11) is 3.72. The fraction of sp³-hybridized carbons (Fsp3) is 0.286. The molecule has 0 atom stereocenters. The molecule has 2 heterocycles. The van der Waals surface area contributed by atoms with E-state index in [1.807, 2.05) is 57.5 Å². The van der Waals surface area contributed by atoms with Crippen molar-refractivity contribution in [2.24, 2.45) is 7.05 Å². The van der Waals surface area contributed by atoms with Gasteiger partial charge >= 0.3 is 0 Å². The molecule has 0 unspecified atom stereocenters. The van der Waals surface area contributed by atoms with E-state index < -0.39 is 0 Å². The lowest BCUT2D eigenvalue weighted by atomic mass is 10.1. The molecule has 0 aliphatic carbocycles. The minimum atomic E-state index is -0.0542. The number of carbonyl (C=O) groups is 1. The lowest BCUT2D eigenvalue weighted by Crippen LogP contribution is -2.28. The lowest BCUT2D eigenvalue weighted by molar-refractivity contribution is 0.0788. The van der Waals surface area contributed by atoms with Crippen LogP contribution < -0.4 is 0 Å². The lowest BCUT2D eigenvalue weighted by Gasteiger charge is -2.17. The fourth-order valence-corrected chi connectivity index (χ4v) is 3.06. The van der Waals surface area contributed by atoms with Crippen molar-refractivity contribution in [2.75, 3.05) is 13.6 Å². The Balaban J connectivity index is 1.65. The molecule has 0 aliphatic heterocycles. The zero-order valence-corrected chi connectivity index (χ0v) is 15.5. The van der Waals surface area contributed by atoms with E-state index in [2.05, 4.69) is 22.2 Å². The van der Waals surface area contributed by atoms with Crippen molar-refractivity contribution in [1.82, 2.24) is 19.7 Å². The van der Waals surface area contributed by atoms with Crippen LogP contribution in [0.15, 0.2) is 54.9 Å². The number of hydrogen-bond donors (Lipinski definition) is 0. The van der Waals surface area contributed by atoms with Crippen LogP contribution in [0.2, 0.25) is 0 Å². The maximum absolute atomic E-state index is 12.7. The van der Waals surface area contributed by atoms with Crippen LogP contribution in [0.25, 0.3) is 11.1 Å². The van der Waals surface area contributed by atoms with E-state index in [4.69, 9.17) is 0 Å². The molecule has 5 heteroatoms. The van der Waals surface area contributed by atoms with Crippen LogP contribution in [0.1, 0.15) is 28.2 Å². The van der Waals surface area contributed by atoms with Crippen molar-refractivity contribution >= 4 is 5.91 Å². The van der Waals surface area contributed by atoms with Gasteiger partial charge in [0.1, 0.15) is 5.69 Å². The summed E-state index contributed by atoms with van der Waals surface area (Å²) in [5.74, 6) is -0.0542. The van der Waals surface area contributed by atoms with Crippen LogP contribution in [0, 0.1) is 6.92 Å². The van der Waals surface area contributed by atoms with E-state index in [9.17, 15) is 4.79 Å². The Bertz CT molecular complexity index is 886. The van der Waals surface area contributed by atoms with Gasteiger partial charge in [-0.15, -0.1) is 0 Å². The van der Waals surface area contributed by atoms with Gasteiger partial charge in [-0.2, -0.15) is 5.10 Å². The van der Waals surface area contributed by atoms with E-state index in [0.717, 1.165) is 29.7 Å². The van der Waals surface area contributed by atoms with Crippen LogP contribution in [0.3, 0.4) is 0 Å². The van der Waals surface area contributed by atoms with E-state index >= 15 is 0 Å². The van der Waals surface area contributed by atoms with Gasteiger partial charge in [-0.05, 0) is 43.0 Å². The Kier molecular flexibility index (Phi) is 5.46. The summed E-state index contributed by atoms with van der Waals surface area (Å²) in [5, 5.41) is 4.37. The predicted molar refractivity (Wildman–Crippen MR) is 103 cm³/mol. The molecular weight excluding hydrogens is 324 g/mol. The fourth-order valence-electron chi connectivity index (χ4n) is 3.06. The third-order valence-electron chi connectivity index (χ3n) is 4.45. The second kappa shape index (κ2) is 7.95. The van der Waals surface area contributed by atoms with E-state index in [0.29, 0.717) is 12.2 Å². The third-order valence-corrected chi connectivity index (χ3v) is 4.45. The highest BCUT2D eigenvalue weighted by Gasteiger charge is 2.15. The number of rotatable bonds is 6. The van der Waals surface area contributed by atoms with Gasteiger partial charge < -0.3 is 4.90 Å². The molecule has 5 nitrogen and oxygen atoms in total. The molecule has 2 aromatic heterocycles. The molecule has 0 radical (unpaired) electrons. The summed E-state index contributed by atoms with van der Waals surface area (Å²) in [6.07, 6.45) is 5.53. The first-order chi connectivity index (χ1) is 12.5. The summed E-state index contributed by atoms with van der Waals surface area (Å²) in [6.45, 7) is 2.67. The smallest absolute Gasteiger partial charge is 0.272 e. The van der Waals surface area contributed by atoms with Crippen molar-refractivity contribution in [1.29, 1.82) is 0 Å². The third kappa shape index (κ3) is 4.17. The van der Waals surface area contributed by atoms with E-state index in [-0.39, 0.29) is 5.91 Å². The van der Waals surface area contributed by atoms with Gasteiger partial charge in [0.15, 0.2) is 0 Å². The molecule has 3 aromatic rings. The normalized spacial score (nSPS) is 10.7. The van der Waals surface area contributed by atoms with E-state index in [1.54, 1.807) is 15.8 Å².